The van der Waals surface area contributed by atoms with Crippen molar-refractivity contribution in [1.82, 2.24) is 5.32 Å². The lowest BCUT2D eigenvalue weighted by molar-refractivity contribution is 0.0947. The van der Waals surface area contributed by atoms with E-state index in [1.54, 1.807) is 12.1 Å². The molecule has 0 radical (unpaired) electrons. The Balaban J connectivity index is 1.98. The molecule has 1 heterocycles. The monoisotopic (exact) mass is 312 g/mol. The first kappa shape index (κ1) is 15.5. The van der Waals surface area contributed by atoms with E-state index in [0.717, 1.165) is 18.8 Å². The Bertz CT molecular complexity index is 461. The average molecular weight is 313 g/mol. The molecule has 0 aliphatic carbocycles. The number of thioether (sulfide) groups is 1. The molecule has 5 heteroatoms. The Hall–Kier alpha value is -0.870. The average Bonchev–Trinajstić information content (AvgIpc) is 2.48. The van der Waals surface area contributed by atoms with Crippen LogP contribution in [0.3, 0.4) is 0 Å². The van der Waals surface area contributed by atoms with Crippen molar-refractivity contribution in [2.75, 3.05) is 29.9 Å². The van der Waals surface area contributed by atoms with Crippen LogP contribution in [0.5, 0.6) is 0 Å². The fraction of sp³-hybridized carbons (Fsp3) is 0.533. The van der Waals surface area contributed by atoms with Gasteiger partial charge < -0.3 is 10.6 Å². The highest BCUT2D eigenvalue weighted by molar-refractivity contribution is 7.99. The van der Waals surface area contributed by atoms with E-state index in [1.807, 2.05) is 24.8 Å². The van der Waals surface area contributed by atoms with Crippen LogP contribution in [0.25, 0.3) is 0 Å². The summed E-state index contributed by atoms with van der Waals surface area (Å²) in [5, 5.41) is 6.84. The molecular weight excluding hydrogens is 292 g/mol. The van der Waals surface area contributed by atoms with Crippen molar-refractivity contribution in [3.05, 3.63) is 28.8 Å². The van der Waals surface area contributed by atoms with Crippen molar-refractivity contribution in [3.63, 3.8) is 0 Å². The molecule has 110 valence electrons. The second-order valence-corrected chi connectivity index (χ2v) is 6.65. The van der Waals surface area contributed by atoms with E-state index in [9.17, 15) is 4.79 Å². The van der Waals surface area contributed by atoms with Crippen LogP contribution in [0.1, 0.15) is 30.1 Å². The molecule has 2 N–H and O–H groups in total. The van der Waals surface area contributed by atoms with Gasteiger partial charge in [0.2, 0.25) is 0 Å². The van der Waals surface area contributed by atoms with E-state index in [0.29, 0.717) is 16.5 Å². The van der Waals surface area contributed by atoms with E-state index >= 15 is 0 Å². The van der Waals surface area contributed by atoms with Gasteiger partial charge in [0.05, 0.1) is 5.56 Å². The van der Waals surface area contributed by atoms with Gasteiger partial charge in [0, 0.05) is 23.8 Å². The van der Waals surface area contributed by atoms with Gasteiger partial charge in [-0.3, -0.25) is 4.79 Å². The number of anilines is 1. The van der Waals surface area contributed by atoms with E-state index in [2.05, 4.69) is 10.6 Å². The highest BCUT2D eigenvalue weighted by Gasteiger charge is 2.16. The Morgan fingerprint density at radius 3 is 2.85 bits per heavy atom. The standard InChI is InChI=1S/C15H21ClN2OS/c1-2-17-14-4-3-12(16)9-13(14)15(19)18-10-11-5-7-20-8-6-11/h3-4,9,11,17H,2,5-8,10H2,1H3,(H,18,19). The van der Waals surface area contributed by atoms with Gasteiger partial charge in [-0.25, -0.2) is 0 Å². The Morgan fingerprint density at radius 2 is 2.15 bits per heavy atom. The molecule has 20 heavy (non-hydrogen) atoms. The van der Waals surface area contributed by atoms with Crippen molar-refractivity contribution >= 4 is 35.0 Å². The summed E-state index contributed by atoms with van der Waals surface area (Å²) in [4.78, 5) is 12.3. The fourth-order valence-electron chi connectivity index (χ4n) is 2.33. The lowest BCUT2D eigenvalue weighted by atomic mass is 10.0. The predicted octanol–water partition coefficient (Wildman–Crippen LogP) is 3.64. The number of hydrogen-bond acceptors (Lipinski definition) is 3. The van der Waals surface area contributed by atoms with E-state index in [4.69, 9.17) is 11.6 Å². The molecule has 0 atom stereocenters. The highest BCUT2D eigenvalue weighted by atomic mass is 35.5. The molecule has 3 nitrogen and oxygen atoms in total. The Labute approximate surface area is 129 Å². The number of amides is 1. The lowest BCUT2D eigenvalue weighted by Crippen LogP contribution is -2.31. The fourth-order valence-corrected chi connectivity index (χ4v) is 3.71. The number of nitrogens with one attached hydrogen (secondary N) is 2. The van der Waals surface area contributed by atoms with Gasteiger partial charge in [-0.15, -0.1) is 0 Å². The predicted molar refractivity (Wildman–Crippen MR) is 88.0 cm³/mol. The third kappa shape index (κ3) is 4.32. The van der Waals surface area contributed by atoms with Gasteiger partial charge in [-0.05, 0) is 55.4 Å². The molecule has 0 spiro atoms. The van der Waals surface area contributed by atoms with E-state index in [-0.39, 0.29) is 5.91 Å². The molecule has 0 aromatic heterocycles. The second kappa shape index (κ2) is 7.79. The molecule has 1 aliphatic rings. The molecule has 2 rings (SSSR count). The van der Waals surface area contributed by atoms with Crippen LogP contribution in [0.15, 0.2) is 18.2 Å². The topological polar surface area (TPSA) is 41.1 Å². The number of carbonyl (C=O) groups is 1. The zero-order valence-corrected chi connectivity index (χ0v) is 13.3. The van der Waals surface area contributed by atoms with Crippen LogP contribution in [-0.4, -0.2) is 30.5 Å². The second-order valence-electron chi connectivity index (χ2n) is 4.99. The zero-order valence-electron chi connectivity index (χ0n) is 11.7. The Morgan fingerprint density at radius 1 is 1.40 bits per heavy atom. The molecule has 1 saturated heterocycles. The van der Waals surface area contributed by atoms with Crippen molar-refractivity contribution < 1.29 is 4.79 Å². The quantitative estimate of drug-likeness (QED) is 0.872. The van der Waals surface area contributed by atoms with E-state index in [1.165, 1.54) is 24.3 Å². The number of rotatable bonds is 5. The van der Waals surface area contributed by atoms with Gasteiger partial charge in [-0.2, -0.15) is 11.8 Å². The molecule has 1 aromatic rings. The third-order valence-electron chi connectivity index (χ3n) is 3.49. The molecule has 0 unspecified atom stereocenters. The molecule has 1 fully saturated rings. The summed E-state index contributed by atoms with van der Waals surface area (Å²) in [5.41, 5.74) is 1.47. The van der Waals surface area contributed by atoms with Crippen molar-refractivity contribution in [2.24, 2.45) is 5.92 Å². The van der Waals surface area contributed by atoms with Crippen LogP contribution >= 0.6 is 23.4 Å². The maximum absolute atomic E-state index is 12.3. The summed E-state index contributed by atoms with van der Waals surface area (Å²) in [6, 6.07) is 5.39. The lowest BCUT2D eigenvalue weighted by Gasteiger charge is -2.21. The molecule has 1 aromatic carbocycles. The maximum atomic E-state index is 12.3. The summed E-state index contributed by atoms with van der Waals surface area (Å²) in [6.07, 6.45) is 2.39. The minimum Gasteiger partial charge on any atom is -0.385 e. The van der Waals surface area contributed by atoms with Crippen LogP contribution < -0.4 is 10.6 Å². The zero-order chi connectivity index (χ0) is 14.4. The summed E-state index contributed by atoms with van der Waals surface area (Å²) >= 11 is 8.00. The third-order valence-corrected chi connectivity index (χ3v) is 4.77. The number of benzene rings is 1. The number of hydrogen-bond donors (Lipinski definition) is 2. The van der Waals surface area contributed by atoms with Crippen molar-refractivity contribution in [3.8, 4) is 0 Å². The molecular formula is C15H21ClN2OS. The van der Waals surface area contributed by atoms with E-state index < -0.39 is 0 Å². The smallest absolute Gasteiger partial charge is 0.253 e. The summed E-state index contributed by atoms with van der Waals surface area (Å²) in [6.45, 7) is 3.55. The molecule has 1 amide bonds. The maximum Gasteiger partial charge on any atom is 0.253 e. The number of halogens is 1. The summed E-state index contributed by atoms with van der Waals surface area (Å²) < 4.78 is 0. The van der Waals surface area contributed by atoms with Crippen LogP contribution in [0.4, 0.5) is 5.69 Å². The van der Waals surface area contributed by atoms with Gasteiger partial charge in [-0.1, -0.05) is 11.6 Å². The first-order valence-corrected chi connectivity index (χ1v) is 8.63. The van der Waals surface area contributed by atoms with Crippen molar-refractivity contribution in [2.45, 2.75) is 19.8 Å². The van der Waals surface area contributed by atoms with Gasteiger partial charge >= 0.3 is 0 Å². The van der Waals surface area contributed by atoms with Gasteiger partial charge in [0.15, 0.2) is 0 Å². The van der Waals surface area contributed by atoms with Crippen LogP contribution in [-0.2, 0) is 0 Å². The Kier molecular flexibility index (Phi) is 6.05. The van der Waals surface area contributed by atoms with Crippen LogP contribution in [0, 0.1) is 5.92 Å². The highest BCUT2D eigenvalue weighted by Crippen LogP contribution is 2.23. The van der Waals surface area contributed by atoms with Gasteiger partial charge in [0.25, 0.3) is 5.91 Å². The summed E-state index contributed by atoms with van der Waals surface area (Å²) in [7, 11) is 0. The first-order chi connectivity index (χ1) is 9.70. The first-order valence-electron chi connectivity index (χ1n) is 7.10. The number of carbonyl (C=O) groups excluding carboxylic acids is 1. The normalized spacial score (nSPS) is 15.9. The molecule has 0 saturated carbocycles. The van der Waals surface area contributed by atoms with Crippen molar-refractivity contribution in [1.29, 1.82) is 0 Å². The molecule has 0 bridgehead atoms. The molecule has 1 aliphatic heterocycles. The SMILES string of the molecule is CCNc1ccc(Cl)cc1C(=O)NCC1CCSCC1. The van der Waals surface area contributed by atoms with Gasteiger partial charge in [0.1, 0.15) is 0 Å². The minimum atomic E-state index is -0.0401. The summed E-state index contributed by atoms with van der Waals surface area (Å²) in [5.74, 6) is 2.99. The largest absolute Gasteiger partial charge is 0.385 e. The minimum absolute atomic E-state index is 0.0401. The van der Waals surface area contributed by atoms with Crippen LogP contribution in [0.2, 0.25) is 5.02 Å².